The van der Waals surface area contributed by atoms with E-state index in [4.69, 9.17) is 9.47 Å². The number of alkyl halides is 3. The maximum absolute atomic E-state index is 12.7. The van der Waals surface area contributed by atoms with Crippen LogP contribution in [0.5, 0.6) is 5.88 Å². The van der Waals surface area contributed by atoms with Crippen LogP contribution in [-0.2, 0) is 22.3 Å². The van der Waals surface area contributed by atoms with E-state index in [-0.39, 0.29) is 24.5 Å². The van der Waals surface area contributed by atoms with Gasteiger partial charge in [-0.1, -0.05) is 30.3 Å². The number of carbonyl (C=O) groups excluding carboxylic acids is 1. The van der Waals surface area contributed by atoms with Crippen molar-refractivity contribution in [2.75, 3.05) is 19.7 Å². The van der Waals surface area contributed by atoms with Gasteiger partial charge in [-0.3, -0.25) is 4.79 Å². The largest absolute Gasteiger partial charge is 0.472 e. The SMILES string of the molecule is O=C(COCc1ccccc1)N1CC[C@H](Oc2cc(C(F)(F)F)ccn2)C1. The zero-order chi connectivity index (χ0) is 19.3. The average molecular weight is 380 g/mol. The first-order chi connectivity index (χ1) is 12.9. The zero-order valence-corrected chi connectivity index (χ0v) is 14.5. The molecule has 1 aliphatic rings. The summed E-state index contributed by atoms with van der Waals surface area (Å²) < 4.78 is 49.2. The summed E-state index contributed by atoms with van der Waals surface area (Å²) in [4.78, 5) is 17.6. The Balaban J connectivity index is 1.46. The molecule has 0 radical (unpaired) electrons. The molecule has 1 saturated heterocycles. The number of nitrogens with zero attached hydrogens (tertiary/aromatic N) is 2. The summed E-state index contributed by atoms with van der Waals surface area (Å²) in [5.41, 5.74) is 0.163. The highest BCUT2D eigenvalue weighted by Gasteiger charge is 2.32. The van der Waals surface area contributed by atoms with Gasteiger partial charge in [0.1, 0.15) is 12.7 Å². The van der Waals surface area contributed by atoms with Crippen molar-refractivity contribution in [3.8, 4) is 5.88 Å². The van der Waals surface area contributed by atoms with Gasteiger partial charge in [-0.2, -0.15) is 13.2 Å². The van der Waals surface area contributed by atoms with E-state index in [0.29, 0.717) is 26.1 Å². The third-order valence-corrected chi connectivity index (χ3v) is 4.18. The number of rotatable bonds is 6. The summed E-state index contributed by atoms with van der Waals surface area (Å²) in [7, 11) is 0. The molecule has 1 aliphatic heterocycles. The number of amides is 1. The number of benzene rings is 1. The lowest BCUT2D eigenvalue weighted by Gasteiger charge is -2.17. The molecule has 0 bridgehead atoms. The van der Waals surface area contributed by atoms with Crippen molar-refractivity contribution in [3.05, 3.63) is 59.8 Å². The number of likely N-dealkylation sites (tertiary alicyclic amines) is 1. The molecule has 1 amide bonds. The van der Waals surface area contributed by atoms with Crippen LogP contribution in [-0.4, -0.2) is 41.6 Å². The van der Waals surface area contributed by atoms with Crippen LogP contribution in [0.3, 0.4) is 0 Å². The van der Waals surface area contributed by atoms with E-state index in [0.717, 1.165) is 23.9 Å². The Morgan fingerprint density at radius 3 is 2.74 bits per heavy atom. The molecule has 0 saturated carbocycles. The minimum Gasteiger partial charge on any atom is -0.472 e. The number of hydrogen-bond acceptors (Lipinski definition) is 4. The van der Waals surface area contributed by atoms with Crippen molar-refractivity contribution in [1.29, 1.82) is 0 Å². The Labute approximate surface area is 154 Å². The highest BCUT2D eigenvalue weighted by atomic mass is 19.4. The van der Waals surface area contributed by atoms with Crippen LogP contribution in [0.4, 0.5) is 13.2 Å². The molecule has 144 valence electrons. The van der Waals surface area contributed by atoms with Crippen molar-refractivity contribution in [2.24, 2.45) is 0 Å². The van der Waals surface area contributed by atoms with E-state index in [9.17, 15) is 18.0 Å². The molecule has 1 aromatic heterocycles. The molecule has 0 unspecified atom stereocenters. The van der Waals surface area contributed by atoms with Crippen LogP contribution in [0, 0.1) is 0 Å². The number of hydrogen-bond donors (Lipinski definition) is 0. The molecule has 0 aliphatic carbocycles. The lowest BCUT2D eigenvalue weighted by atomic mass is 10.2. The quantitative estimate of drug-likeness (QED) is 0.772. The molecule has 3 rings (SSSR count). The first kappa shape index (κ1) is 19.2. The molecule has 0 spiro atoms. The summed E-state index contributed by atoms with van der Waals surface area (Å²) in [6.45, 7) is 1.06. The van der Waals surface area contributed by atoms with Gasteiger partial charge in [0.25, 0.3) is 0 Å². The first-order valence-electron chi connectivity index (χ1n) is 8.51. The maximum atomic E-state index is 12.7. The molecule has 27 heavy (non-hydrogen) atoms. The second-order valence-electron chi connectivity index (χ2n) is 6.23. The molecule has 8 heteroatoms. The van der Waals surface area contributed by atoms with Gasteiger partial charge in [0.15, 0.2) is 0 Å². The van der Waals surface area contributed by atoms with Gasteiger partial charge < -0.3 is 14.4 Å². The third kappa shape index (κ3) is 5.43. The van der Waals surface area contributed by atoms with Gasteiger partial charge in [-0.15, -0.1) is 0 Å². The fraction of sp³-hybridized carbons (Fsp3) is 0.368. The van der Waals surface area contributed by atoms with Gasteiger partial charge in [-0.05, 0) is 11.6 Å². The summed E-state index contributed by atoms with van der Waals surface area (Å²) in [6.07, 6.45) is -3.25. The molecule has 0 N–H and O–H groups in total. The van der Waals surface area contributed by atoms with Crippen LogP contribution < -0.4 is 4.74 Å². The lowest BCUT2D eigenvalue weighted by Crippen LogP contribution is -2.33. The fourth-order valence-corrected chi connectivity index (χ4v) is 2.79. The second-order valence-corrected chi connectivity index (χ2v) is 6.23. The monoisotopic (exact) mass is 380 g/mol. The van der Waals surface area contributed by atoms with Crippen molar-refractivity contribution in [2.45, 2.75) is 25.3 Å². The Morgan fingerprint density at radius 2 is 2.00 bits per heavy atom. The topological polar surface area (TPSA) is 51.7 Å². The molecule has 2 heterocycles. The predicted molar refractivity (Wildman–Crippen MR) is 91.0 cm³/mol. The minimum absolute atomic E-state index is 0.0522. The van der Waals surface area contributed by atoms with Crippen LogP contribution in [0.1, 0.15) is 17.5 Å². The van der Waals surface area contributed by atoms with Crippen molar-refractivity contribution < 1.29 is 27.4 Å². The minimum atomic E-state index is -4.45. The van der Waals surface area contributed by atoms with Gasteiger partial charge in [0, 0.05) is 25.2 Å². The van der Waals surface area contributed by atoms with E-state index in [1.165, 1.54) is 0 Å². The zero-order valence-electron chi connectivity index (χ0n) is 14.5. The van der Waals surface area contributed by atoms with Crippen molar-refractivity contribution >= 4 is 5.91 Å². The van der Waals surface area contributed by atoms with Gasteiger partial charge in [0.05, 0.1) is 18.7 Å². The molecular weight excluding hydrogens is 361 g/mol. The highest BCUT2D eigenvalue weighted by Crippen LogP contribution is 2.31. The van der Waals surface area contributed by atoms with Crippen molar-refractivity contribution in [3.63, 3.8) is 0 Å². The first-order valence-corrected chi connectivity index (χ1v) is 8.51. The van der Waals surface area contributed by atoms with E-state index in [2.05, 4.69) is 4.98 Å². The number of halogens is 3. The Morgan fingerprint density at radius 1 is 1.22 bits per heavy atom. The van der Waals surface area contributed by atoms with Crippen molar-refractivity contribution in [1.82, 2.24) is 9.88 Å². The Bertz CT molecular complexity index is 768. The number of carbonyl (C=O) groups is 1. The van der Waals surface area contributed by atoms with Gasteiger partial charge >= 0.3 is 6.18 Å². The van der Waals surface area contributed by atoms with E-state index in [1.54, 1.807) is 4.90 Å². The molecule has 5 nitrogen and oxygen atoms in total. The normalized spacial score (nSPS) is 17.1. The Kier molecular flexibility index (Phi) is 5.95. The van der Waals surface area contributed by atoms with E-state index < -0.39 is 11.7 Å². The Hall–Kier alpha value is -2.61. The van der Waals surface area contributed by atoms with Crippen LogP contribution in [0.25, 0.3) is 0 Å². The van der Waals surface area contributed by atoms with E-state index in [1.807, 2.05) is 30.3 Å². The highest BCUT2D eigenvalue weighted by molar-refractivity contribution is 5.77. The molecule has 1 aromatic carbocycles. The predicted octanol–water partition coefficient (Wildman–Crippen LogP) is 3.30. The fourth-order valence-electron chi connectivity index (χ4n) is 2.79. The van der Waals surface area contributed by atoms with E-state index >= 15 is 0 Å². The third-order valence-electron chi connectivity index (χ3n) is 4.18. The average Bonchev–Trinajstić information content (AvgIpc) is 3.11. The summed E-state index contributed by atoms with van der Waals surface area (Å²) in [6, 6.07) is 11.3. The second kappa shape index (κ2) is 8.39. The summed E-state index contributed by atoms with van der Waals surface area (Å²) >= 11 is 0. The molecular formula is C19H19F3N2O3. The molecule has 1 atom stereocenters. The molecule has 1 fully saturated rings. The molecule has 2 aromatic rings. The summed E-state index contributed by atoms with van der Waals surface area (Å²) in [5.74, 6) is -0.265. The maximum Gasteiger partial charge on any atom is 0.416 e. The standard InChI is InChI=1S/C19H19F3N2O3/c20-19(21,22)15-6-8-23-17(10-15)27-16-7-9-24(11-16)18(25)13-26-12-14-4-2-1-3-5-14/h1-6,8,10,16H,7,9,11-13H2/t16-/m0/s1. The number of ether oxygens (including phenoxy) is 2. The van der Waals surface area contributed by atoms with Gasteiger partial charge in [-0.25, -0.2) is 4.98 Å². The lowest BCUT2D eigenvalue weighted by molar-refractivity contribution is -0.137. The van der Waals surface area contributed by atoms with Gasteiger partial charge in [0.2, 0.25) is 11.8 Å². The van der Waals surface area contributed by atoms with Crippen LogP contribution in [0.15, 0.2) is 48.7 Å². The smallest absolute Gasteiger partial charge is 0.416 e. The summed E-state index contributed by atoms with van der Waals surface area (Å²) in [5, 5.41) is 0. The number of aromatic nitrogens is 1. The number of pyridine rings is 1. The van der Waals surface area contributed by atoms with Crippen LogP contribution >= 0.6 is 0 Å². The van der Waals surface area contributed by atoms with Crippen LogP contribution in [0.2, 0.25) is 0 Å².